The first-order valence-electron chi connectivity index (χ1n) is 4.76. The first-order chi connectivity index (χ1) is 8.15. The van der Waals surface area contributed by atoms with Crippen molar-refractivity contribution >= 4 is 41.7 Å². The van der Waals surface area contributed by atoms with Crippen LogP contribution in [0.4, 0.5) is 0 Å². The largest absolute Gasteiger partial charge is 0.305 e. The molecule has 0 fully saturated rings. The highest BCUT2D eigenvalue weighted by molar-refractivity contribution is 7.71. The molecule has 0 N–H and O–H groups in total. The maximum Gasteiger partial charge on any atom is 0.153 e. The van der Waals surface area contributed by atoms with Gasteiger partial charge in [-0.15, -0.1) is 0 Å². The summed E-state index contributed by atoms with van der Waals surface area (Å²) in [5.74, 6) is 0. The molecule has 0 saturated heterocycles. The van der Waals surface area contributed by atoms with E-state index in [1.165, 1.54) is 0 Å². The van der Waals surface area contributed by atoms with E-state index in [-0.39, 0.29) is 0 Å². The lowest BCUT2D eigenvalue weighted by molar-refractivity contribution is 0.112. The van der Waals surface area contributed by atoms with Crippen LogP contribution in [0.15, 0.2) is 36.5 Å². The molecule has 2 aromatic rings. The lowest BCUT2D eigenvalue weighted by Gasteiger charge is -2.11. The van der Waals surface area contributed by atoms with E-state index in [1.54, 1.807) is 41.1 Å². The molecule has 17 heavy (non-hydrogen) atoms. The summed E-state index contributed by atoms with van der Waals surface area (Å²) >= 11 is 17.4. The highest BCUT2D eigenvalue weighted by Crippen LogP contribution is 2.28. The number of carbonyl (C=O) groups excluding carboxylic acids is 1. The third kappa shape index (κ3) is 2.27. The second-order valence-electron chi connectivity index (χ2n) is 3.33. The van der Waals surface area contributed by atoms with Gasteiger partial charge in [0, 0.05) is 11.8 Å². The van der Waals surface area contributed by atoms with E-state index in [0.29, 0.717) is 32.2 Å². The number of halogens is 2. The molecule has 0 atom stereocenters. The third-order valence-electron chi connectivity index (χ3n) is 2.28. The Morgan fingerprint density at radius 1 is 1.12 bits per heavy atom. The highest BCUT2D eigenvalue weighted by Gasteiger charge is 2.08. The highest BCUT2D eigenvalue weighted by atomic mass is 35.5. The summed E-state index contributed by atoms with van der Waals surface area (Å²) in [6, 6.07) is 8.56. The van der Waals surface area contributed by atoms with Crippen molar-refractivity contribution in [3.05, 3.63) is 56.8 Å². The molecule has 0 aliphatic carbocycles. The zero-order valence-corrected chi connectivity index (χ0v) is 10.9. The van der Waals surface area contributed by atoms with Crippen molar-refractivity contribution in [3.8, 4) is 5.69 Å². The summed E-state index contributed by atoms with van der Waals surface area (Å²) in [7, 11) is 0. The Bertz CT molecular complexity index is 616. The van der Waals surface area contributed by atoms with Crippen LogP contribution in [0.1, 0.15) is 10.4 Å². The lowest BCUT2D eigenvalue weighted by atomic mass is 10.2. The van der Waals surface area contributed by atoms with Crippen LogP contribution in [-0.4, -0.2) is 10.9 Å². The predicted molar refractivity (Wildman–Crippen MR) is 72.0 cm³/mol. The molecule has 0 amide bonds. The van der Waals surface area contributed by atoms with Gasteiger partial charge >= 0.3 is 0 Å². The quantitative estimate of drug-likeness (QED) is 0.605. The topological polar surface area (TPSA) is 22.0 Å². The van der Waals surface area contributed by atoms with Crippen LogP contribution in [0.5, 0.6) is 0 Å². The molecule has 0 bridgehead atoms. The molecule has 1 heterocycles. The molecule has 0 aliphatic heterocycles. The molecule has 2 nitrogen and oxygen atoms in total. The Hall–Kier alpha value is -1.16. The maximum atomic E-state index is 10.8. The number of hydrogen-bond donors (Lipinski definition) is 0. The Morgan fingerprint density at radius 2 is 1.76 bits per heavy atom. The van der Waals surface area contributed by atoms with E-state index < -0.39 is 0 Å². The standard InChI is InChI=1S/C12H7Cl2NOS/c13-9-4-1-5-10(14)11(9)15-6-2-3-8(7-16)12(15)17/h1-7H. The number of pyridine rings is 1. The van der Waals surface area contributed by atoms with E-state index in [4.69, 9.17) is 35.4 Å². The molecule has 5 heteroatoms. The number of carbonyl (C=O) groups is 1. The second-order valence-corrected chi connectivity index (χ2v) is 4.53. The van der Waals surface area contributed by atoms with Gasteiger partial charge in [0.2, 0.25) is 0 Å². The molecular weight excluding hydrogens is 277 g/mol. The average molecular weight is 284 g/mol. The molecular formula is C12H7Cl2NOS. The summed E-state index contributed by atoms with van der Waals surface area (Å²) in [5.41, 5.74) is 1.02. The van der Waals surface area contributed by atoms with Crippen molar-refractivity contribution in [2.45, 2.75) is 0 Å². The van der Waals surface area contributed by atoms with Crippen LogP contribution < -0.4 is 0 Å². The Labute approximate surface area is 113 Å². The van der Waals surface area contributed by atoms with Crippen molar-refractivity contribution in [1.29, 1.82) is 0 Å². The van der Waals surface area contributed by atoms with E-state index >= 15 is 0 Å². The molecule has 1 aromatic carbocycles. The SMILES string of the molecule is O=Cc1cccn(-c2c(Cl)cccc2Cl)c1=S. The number of aldehydes is 1. The summed E-state index contributed by atoms with van der Waals surface area (Å²) in [6.07, 6.45) is 2.44. The minimum absolute atomic E-state index is 0.387. The fourth-order valence-electron chi connectivity index (χ4n) is 1.50. The zero-order chi connectivity index (χ0) is 12.4. The number of rotatable bonds is 2. The van der Waals surface area contributed by atoms with Gasteiger partial charge in [-0.25, -0.2) is 0 Å². The molecule has 0 saturated carbocycles. The Morgan fingerprint density at radius 3 is 2.35 bits per heavy atom. The van der Waals surface area contributed by atoms with Gasteiger partial charge < -0.3 is 4.57 Å². The van der Waals surface area contributed by atoms with Gasteiger partial charge in [0.25, 0.3) is 0 Å². The van der Waals surface area contributed by atoms with E-state index in [1.807, 2.05) is 0 Å². The lowest BCUT2D eigenvalue weighted by Crippen LogP contribution is -2.01. The maximum absolute atomic E-state index is 10.8. The van der Waals surface area contributed by atoms with Crippen LogP contribution in [0.25, 0.3) is 5.69 Å². The van der Waals surface area contributed by atoms with Gasteiger partial charge in [-0.1, -0.05) is 41.5 Å². The fraction of sp³-hybridized carbons (Fsp3) is 0. The summed E-state index contributed by atoms with van der Waals surface area (Å²) in [4.78, 5) is 10.8. The van der Waals surface area contributed by atoms with Crippen molar-refractivity contribution in [2.24, 2.45) is 0 Å². The fourth-order valence-corrected chi connectivity index (χ4v) is 2.34. The molecule has 0 aliphatic rings. The first-order valence-corrected chi connectivity index (χ1v) is 5.93. The second kappa shape index (κ2) is 5.00. The zero-order valence-electron chi connectivity index (χ0n) is 8.56. The number of benzene rings is 1. The number of aromatic nitrogens is 1. The van der Waals surface area contributed by atoms with Gasteiger partial charge in [-0.05, 0) is 24.3 Å². The van der Waals surface area contributed by atoms with Gasteiger partial charge in [0.1, 0.15) is 4.64 Å². The normalized spacial score (nSPS) is 10.2. The smallest absolute Gasteiger partial charge is 0.153 e. The minimum atomic E-state index is 0.387. The molecule has 0 unspecified atom stereocenters. The number of hydrogen-bond acceptors (Lipinski definition) is 2. The van der Waals surface area contributed by atoms with E-state index in [2.05, 4.69) is 0 Å². The Balaban J connectivity index is 2.78. The van der Waals surface area contributed by atoms with E-state index in [0.717, 1.165) is 0 Å². The molecule has 86 valence electrons. The summed E-state index contributed by atoms with van der Waals surface area (Å²) in [6.45, 7) is 0. The van der Waals surface area contributed by atoms with Gasteiger partial charge in [0.05, 0.1) is 15.7 Å². The van der Waals surface area contributed by atoms with Gasteiger partial charge in [0.15, 0.2) is 6.29 Å². The summed E-state index contributed by atoms with van der Waals surface area (Å²) in [5, 5.41) is 0.966. The monoisotopic (exact) mass is 283 g/mol. The van der Waals surface area contributed by atoms with Crippen molar-refractivity contribution in [2.75, 3.05) is 0 Å². The van der Waals surface area contributed by atoms with Crippen molar-refractivity contribution in [1.82, 2.24) is 4.57 Å². The van der Waals surface area contributed by atoms with Crippen LogP contribution in [0.2, 0.25) is 10.0 Å². The summed E-state index contributed by atoms with van der Waals surface area (Å²) < 4.78 is 2.02. The Kier molecular flexibility index (Phi) is 3.62. The van der Waals surface area contributed by atoms with Crippen LogP contribution >= 0.6 is 35.4 Å². The molecule has 0 spiro atoms. The van der Waals surface area contributed by atoms with Gasteiger partial charge in [-0.2, -0.15) is 0 Å². The van der Waals surface area contributed by atoms with Crippen LogP contribution in [-0.2, 0) is 0 Å². The van der Waals surface area contributed by atoms with Crippen LogP contribution in [0.3, 0.4) is 0 Å². The average Bonchev–Trinajstić information content (AvgIpc) is 2.31. The third-order valence-corrected chi connectivity index (χ3v) is 3.32. The molecule has 0 radical (unpaired) electrons. The van der Waals surface area contributed by atoms with Crippen LogP contribution in [0, 0.1) is 4.64 Å². The van der Waals surface area contributed by atoms with Crippen molar-refractivity contribution in [3.63, 3.8) is 0 Å². The first kappa shape index (κ1) is 12.3. The number of nitrogens with zero attached hydrogens (tertiary/aromatic N) is 1. The van der Waals surface area contributed by atoms with Gasteiger partial charge in [-0.3, -0.25) is 4.79 Å². The number of para-hydroxylation sites is 1. The molecule has 1 aromatic heterocycles. The minimum Gasteiger partial charge on any atom is -0.305 e. The van der Waals surface area contributed by atoms with Crippen molar-refractivity contribution < 1.29 is 4.79 Å². The molecule has 2 rings (SSSR count). The predicted octanol–water partition coefficient (Wildman–Crippen LogP) is 4.33. The van der Waals surface area contributed by atoms with E-state index in [9.17, 15) is 4.79 Å².